The van der Waals surface area contributed by atoms with Crippen LogP contribution in [0.3, 0.4) is 0 Å². The van der Waals surface area contributed by atoms with Crippen molar-refractivity contribution in [2.45, 2.75) is 41.5 Å². The lowest BCUT2D eigenvalue weighted by Gasteiger charge is -2.10. The highest BCUT2D eigenvalue weighted by Crippen LogP contribution is 2.30. The molecule has 5 rings (SSSR count). The van der Waals surface area contributed by atoms with E-state index in [0.717, 1.165) is 79.5 Å². The standard InChI is InChI=1S/C38H36N6/c1-25-23-38(42-30(6)36-22-14-20-34(44-36)28(4)40-32-17-11-8-12-18-32)26(2)24-37(25)41-29(5)35-21-13-19-33(43-35)27(3)39-31-15-9-7-10-16-31/h7-24H,1-6H3/b39-27+,40-28+,41-29+,42-30+. The van der Waals surface area contributed by atoms with Gasteiger partial charge in [0.15, 0.2) is 0 Å². The van der Waals surface area contributed by atoms with Gasteiger partial charge in [0.05, 0.1) is 68.4 Å². The van der Waals surface area contributed by atoms with Crippen LogP contribution in [0.25, 0.3) is 0 Å². The van der Waals surface area contributed by atoms with Crippen LogP contribution in [0.1, 0.15) is 61.6 Å². The van der Waals surface area contributed by atoms with Crippen molar-refractivity contribution in [3.05, 3.63) is 143 Å². The first-order chi connectivity index (χ1) is 21.3. The number of rotatable bonds is 8. The molecule has 0 atom stereocenters. The van der Waals surface area contributed by atoms with E-state index in [4.69, 9.17) is 29.9 Å². The molecule has 0 unspecified atom stereocenters. The second kappa shape index (κ2) is 13.7. The molecule has 0 aliphatic heterocycles. The fraction of sp³-hybridized carbons (Fsp3) is 0.158. The van der Waals surface area contributed by atoms with Crippen LogP contribution in [0, 0.1) is 13.8 Å². The van der Waals surface area contributed by atoms with Gasteiger partial charge in [0.25, 0.3) is 0 Å². The van der Waals surface area contributed by atoms with Gasteiger partial charge in [-0.3, -0.25) is 20.0 Å². The predicted octanol–water partition coefficient (Wildman–Crippen LogP) is 9.66. The van der Waals surface area contributed by atoms with E-state index in [0.29, 0.717) is 0 Å². The lowest BCUT2D eigenvalue weighted by atomic mass is 10.1. The van der Waals surface area contributed by atoms with E-state index in [1.807, 2.05) is 125 Å². The first kappa shape index (κ1) is 30.1. The Hall–Kier alpha value is -5.36. The zero-order chi connectivity index (χ0) is 31.1. The molecule has 0 fully saturated rings. The Morgan fingerprint density at radius 2 is 0.727 bits per heavy atom. The molecule has 6 nitrogen and oxygen atoms in total. The molecule has 5 aromatic rings. The summed E-state index contributed by atoms with van der Waals surface area (Å²) in [5.41, 5.74) is 12.3. The highest BCUT2D eigenvalue weighted by atomic mass is 14.9. The maximum Gasteiger partial charge on any atom is 0.0849 e. The quantitative estimate of drug-likeness (QED) is 0.172. The maximum absolute atomic E-state index is 4.96. The molecular formula is C38H36N6. The Bertz CT molecular complexity index is 1760. The van der Waals surface area contributed by atoms with Gasteiger partial charge < -0.3 is 0 Å². The fourth-order valence-corrected chi connectivity index (χ4v) is 4.68. The fourth-order valence-electron chi connectivity index (χ4n) is 4.68. The summed E-state index contributed by atoms with van der Waals surface area (Å²) in [6, 6.07) is 35.9. The first-order valence-electron chi connectivity index (χ1n) is 14.6. The third-order valence-corrected chi connectivity index (χ3v) is 7.18. The Kier molecular flexibility index (Phi) is 9.40. The molecule has 0 spiro atoms. The van der Waals surface area contributed by atoms with Gasteiger partial charge in [-0.25, -0.2) is 9.97 Å². The minimum atomic E-state index is 0.817. The van der Waals surface area contributed by atoms with Crippen LogP contribution in [0.4, 0.5) is 22.7 Å². The van der Waals surface area contributed by atoms with Crippen molar-refractivity contribution in [3.8, 4) is 0 Å². The summed E-state index contributed by atoms with van der Waals surface area (Å²) in [7, 11) is 0. The summed E-state index contributed by atoms with van der Waals surface area (Å²) in [4.78, 5) is 29.1. The van der Waals surface area contributed by atoms with E-state index in [2.05, 4.69) is 26.0 Å². The van der Waals surface area contributed by atoms with Crippen LogP contribution in [0.5, 0.6) is 0 Å². The van der Waals surface area contributed by atoms with Crippen LogP contribution in [0.2, 0.25) is 0 Å². The zero-order valence-electron chi connectivity index (χ0n) is 26.1. The summed E-state index contributed by atoms with van der Waals surface area (Å²) in [6.45, 7) is 12.0. The number of hydrogen-bond donors (Lipinski definition) is 0. The molecule has 2 aromatic heterocycles. The number of aromatic nitrogens is 2. The molecule has 3 aromatic carbocycles. The van der Waals surface area contributed by atoms with Crippen molar-refractivity contribution in [1.29, 1.82) is 0 Å². The topological polar surface area (TPSA) is 75.2 Å². The predicted molar refractivity (Wildman–Crippen MR) is 185 cm³/mol. The average Bonchev–Trinajstić information content (AvgIpc) is 3.04. The number of pyridine rings is 2. The van der Waals surface area contributed by atoms with E-state index < -0.39 is 0 Å². The van der Waals surface area contributed by atoms with Crippen molar-refractivity contribution < 1.29 is 0 Å². The molecule has 2 heterocycles. The van der Waals surface area contributed by atoms with Crippen molar-refractivity contribution in [1.82, 2.24) is 9.97 Å². The van der Waals surface area contributed by atoms with Gasteiger partial charge in [0, 0.05) is 0 Å². The summed E-state index contributed by atoms with van der Waals surface area (Å²) in [6.07, 6.45) is 0. The molecule has 0 aliphatic rings. The van der Waals surface area contributed by atoms with Crippen molar-refractivity contribution in [2.75, 3.05) is 0 Å². The van der Waals surface area contributed by atoms with E-state index >= 15 is 0 Å². The van der Waals surface area contributed by atoms with Gasteiger partial charge >= 0.3 is 0 Å². The van der Waals surface area contributed by atoms with E-state index in [1.165, 1.54) is 0 Å². The molecule has 6 heteroatoms. The molecule has 0 saturated heterocycles. The summed E-state index contributed by atoms with van der Waals surface area (Å²) in [5.74, 6) is 0. The van der Waals surface area contributed by atoms with E-state index in [1.54, 1.807) is 0 Å². The van der Waals surface area contributed by atoms with E-state index in [-0.39, 0.29) is 0 Å². The average molecular weight is 577 g/mol. The molecule has 0 radical (unpaired) electrons. The number of benzene rings is 3. The smallest absolute Gasteiger partial charge is 0.0849 e. The Balaban J connectivity index is 1.38. The first-order valence-corrected chi connectivity index (χ1v) is 14.6. The monoisotopic (exact) mass is 576 g/mol. The van der Waals surface area contributed by atoms with Gasteiger partial charge in [-0.2, -0.15) is 0 Å². The largest absolute Gasteiger partial charge is 0.252 e. The third-order valence-electron chi connectivity index (χ3n) is 7.18. The molecule has 0 aliphatic carbocycles. The summed E-state index contributed by atoms with van der Waals surface area (Å²) >= 11 is 0. The third kappa shape index (κ3) is 7.53. The molecule has 0 N–H and O–H groups in total. The van der Waals surface area contributed by atoms with Crippen LogP contribution < -0.4 is 0 Å². The van der Waals surface area contributed by atoms with Gasteiger partial charge in [-0.1, -0.05) is 48.5 Å². The summed E-state index contributed by atoms with van der Waals surface area (Å²) in [5, 5.41) is 0. The minimum Gasteiger partial charge on any atom is -0.252 e. The van der Waals surface area contributed by atoms with Crippen LogP contribution in [0.15, 0.2) is 129 Å². The maximum atomic E-state index is 4.96. The van der Waals surface area contributed by atoms with Gasteiger partial charge in [0.1, 0.15) is 0 Å². The Morgan fingerprint density at radius 3 is 1.07 bits per heavy atom. The number of para-hydroxylation sites is 2. The Morgan fingerprint density at radius 1 is 0.409 bits per heavy atom. The normalized spacial score (nSPS) is 12.9. The van der Waals surface area contributed by atoms with Gasteiger partial charge in [-0.15, -0.1) is 0 Å². The minimum absolute atomic E-state index is 0.817. The number of aliphatic imine (C=N–C) groups is 4. The number of nitrogens with zero attached hydrogens (tertiary/aromatic N) is 6. The summed E-state index contributed by atoms with van der Waals surface area (Å²) < 4.78 is 0. The number of hydrogen-bond acceptors (Lipinski definition) is 6. The highest BCUT2D eigenvalue weighted by Gasteiger charge is 2.10. The number of aryl methyl sites for hydroxylation is 2. The molecule has 0 amide bonds. The molecule has 0 bridgehead atoms. The van der Waals surface area contributed by atoms with Gasteiger partial charge in [-0.05, 0) is 113 Å². The molecule has 0 saturated carbocycles. The zero-order valence-corrected chi connectivity index (χ0v) is 26.1. The van der Waals surface area contributed by atoms with Crippen molar-refractivity contribution in [2.24, 2.45) is 20.0 Å². The van der Waals surface area contributed by atoms with Gasteiger partial charge in [0.2, 0.25) is 0 Å². The second-order valence-corrected chi connectivity index (χ2v) is 10.7. The highest BCUT2D eigenvalue weighted by molar-refractivity contribution is 6.03. The molecule has 218 valence electrons. The second-order valence-electron chi connectivity index (χ2n) is 10.7. The van der Waals surface area contributed by atoms with Crippen molar-refractivity contribution in [3.63, 3.8) is 0 Å². The Labute approximate surface area is 259 Å². The van der Waals surface area contributed by atoms with Crippen LogP contribution >= 0.6 is 0 Å². The molecule has 44 heavy (non-hydrogen) atoms. The lowest BCUT2D eigenvalue weighted by molar-refractivity contribution is 1.23. The molecular weight excluding hydrogens is 540 g/mol. The van der Waals surface area contributed by atoms with Crippen LogP contribution in [-0.4, -0.2) is 32.8 Å². The van der Waals surface area contributed by atoms with E-state index in [9.17, 15) is 0 Å². The van der Waals surface area contributed by atoms with Crippen LogP contribution in [-0.2, 0) is 0 Å². The SMILES string of the molecule is C/C(=N\c1ccccc1)c1cccc(/C(C)=N/c2cc(C)c(/N=C(\C)c3cccc(/C(C)=N/c4ccccc4)n3)cc2C)n1. The lowest BCUT2D eigenvalue weighted by Crippen LogP contribution is -2.05. The van der Waals surface area contributed by atoms with Crippen molar-refractivity contribution >= 4 is 45.6 Å².